The summed E-state index contributed by atoms with van der Waals surface area (Å²) in [7, 11) is 3.45. The van der Waals surface area contributed by atoms with E-state index in [1.807, 2.05) is 13.1 Å². The average molecular weight is 281 g/mol. The fraction of sp³-hybridized carbons (Fsp3) is 0.625. The summed E-state index contributed by atoms with van der Waals surface area (Å²) in [5, 5.41) is 3.37. The van der Waals surface area contributed by atoms with E-state index in [-0.39, 0.29) is 5.82 Å². The number of rotatable bonds is 6. The maximum Gasteiger partial charge on any atom is 0.165 e. The number of likely N-dealkylation sites (N-methyl/N-ethyl adjacent to an activating group) is 1. The molecule has 0 amide bonds. The van der Waals surface area contributed by atoms with Crippen molar-refractivity contribution in [2.24, 2.45) is 5.92 Å². The summed E-state index contributed by atoms with van der Waals surface area (Å²) >= 11 is 0. The third kappa shape index (κ3) is 3.30. The lowest BCUT2D eigenvalue weighted by atomic mass is 9.87. The Labute approximate surface area is 120 Å². The minimum atomic E-state index is -0.297. The van der Waals surface area contributed by atoms with Crippen LogP contribution in [0.1, 0.15) is 25.3 Å². The van der Waals surface area contributed by atoms with Crippen molar-refractivity contribution in [3.05, 3.63) is 29.6 Å². The van der Waals surface area contributed by atoms with Crippen LogP contribution in [0.3, 0.4) is 0 Å². The Morgan fingerprint density at radius 3 is 2.90 bits per heavy atom. The van der Waals surface area contributed by atoms with Crippen LogP contribution in [0, 0.1) is 11.7 Å². The first-order valence-electron chi connectivity index (χ1n) is 7.30. The highest BCUT2D eigenvalue weighted by molar-refractivity contribution is 5.29. The van der Waals surface area contributed by atoms with E-state index in [1.165, 1.54) is 7.11 Å². The molecule has 1 aromatic carbocycles. The predicted molar refractivity (Wildman–Crippen MR) is 77.6 cm³/mol. The molecule has 1 aliphatic rings. The molecule has 1 N–H and O–H groups in total. The van der Waals surface area contributed by atoms with Crippen LogP contribution in [0.4, 0.5) is 4.39 Å². The molecule has 1 saturated heterocycles. The summed E-state index contributed by atoms with van der Waals surface area (Å²) in [6, 6.07) is 5.51. The van der Waals surface area contributed by atoms with Crippen molar-refractivity contribution in [3.63, 3.8) is 0 Å². The molecule has 3 unspecified atom stereocenters. The van der Waals surface area contributed by atoms with Crippen molar-refractivity contribution in [1.29, 1.82) is 0 Å². The molecule has 1 heterocycles. The Hall–Kier alpha value is -1.13. The zero-order valence-corrected chi connectivity index (χ0v) is 12.5. The molecule has 0 saturated carbocycles. The largest absolute Gasteiger partial charge is 0.494 e. The van der Waals surface area contributed by atoms with Gasteiger partial charge in [0.05, 0.1) is 13.2 Å². The summed E-state index contributed by atoms with van der Waals surface area (Å²) in [6.45, 7) is 2.99. The molecule has 3 nitrogen and oxygen atoms in total. The summed E-state index contributed by atoms with van der Waals surface area (Å²) < 4.78 is 24.5. The summed E-state index contributed by atoms with van der Waals surface area (Å²) in [5.41, 5.74) is 0.990. The number of methoxy groups -OCH3 is 1. The first-order valence-corrected chi connectivity index (χ1v) is 7.30. The van der Waals surface area contributed by atoms with Crippen LogP contribution in [0.15, 0.2) is 18.2 Å². The maximum absolute atomic E-state index is 13.8. The first-order chi connectivity index (χ1) is 9.69. The molecule has 112 valence electrons. The third-order valence-electron chi connectivity index (χ3n) is 4.22. The summed E-state index contributed by atoms with van der Waals surface area (Å²) in [6.07, 6.45) is 3.22. The van der Waals surface area contributed by atoms with E-state index < -0.39 is 0 Å². The number of benzene rings is 1. The second kappa shape index (κ2) is 7.04. The normalized spacial score (nSPS) is 23.8. The van der Waals surface area contributed by atoms with E-state index in [0.717, 1.165) is 31.4 Å². The lowest BCUT2D eigenvalue weighted by Gasteiger charge is -2.27. The van der Waals surface area contributed by atoms with Crippen molar-refractivity contribution < 1.29 is 13.9 Å². The molecule has 3 atom stereocenters. The SMILES string of the molecule is CCC1OCCC1C(Cc1ccc(OC)c(F)c1)NC. The van der Waals surface area contributed by atoms with Crippen molar-refractivity contribution in [1.82, 2.24) is 5.32 Å². The van der Waals surface area contributed by atoms with Gasteiger partial charge in [-0.05, 0) is 44.0 Å². The van der Waals surface area contributed by atoms with Gasteiger partial charge in [0.25, 0.3) is 0 Å². The van der Waals surface area contributed by atoms with Gasteiger partial charge in [-0.2, -0.15) is 0 Å². The second-order valence-corrected chi connectivity index (χ2v) is 5.34. The molecule has 1 aromatic rings. The molecule has 4 heteroatoms. The molecule has 0 aliphatic carbocycles. The standard InChI is InChI=1S/C16H24FNO2/c1-4-15-12(7-8-20-15)14(18-2)10-11-5-6-16(19-3)13(17)9-11/h5-6,9,12,14-15,18H,4,7-8,10H2,1-3H3. The molecular formula is C16H24FNO2. The van der Waals surface area contributed by atoms with Gasteiger partial charge in [-0.15, -0.1) is 0 Å². The van der Waals surface area contributed by atoms with Gasteiger partial charge in [0.1, 0.15) is 0 Å². The van der Waals surface area contributed by atoms with E-state index >= 15 is 0 Å². The van der Waals surface area contributed by atoms with Crippen LogP contribution in [-0.2, 0) is 11.2 Å². The summed E-state index contributed by atoms with van der Waals surface area (Å²) in [5.74, 6) is 0.495. The van der Waals surface area contributed by atoms with Gasteiger partial charge in [-0.25, -0.2) is 4.39 Å². The lowest BCUT2D eigenvalue weighted by Crippen LogP contribution is -2.39. The highest BCUT2D eigenvalue weighted by Gasteiger charge is 2.32. The van der Waals surface area contributed by atoms with E-state index in [1.54, 1.807) is 12.1 Å². The number of hydrogen-bond donors (Lipinski definition) is 1. The Kier molecular flexibility index (Phi) is 5.38. The lowest BCUT2D eigenvalue weighted by molar-refractivity contribution is 0.0783. The minimum absolute atomic E-state index is 0.297. The minimum Gasteiger partial charge on any atom is -0.494 e. The molecule has 1 aliphatic heterocycles. The van der Waals surface area contributed by atoms with Gasteiger partial charge < -0.3 is 14.8 Å². The number of nitrogens with one attached hydrogen (secondary N) is 1. The van der Waals surface area contributed by atoms with E-state index in [0.29, 0.717) is 23.8 Å². The molecule has 0 spiro atoms. The van der Waals surface area contributed by atoms with Crippen LogP contribution < -0.4 is 10.1 Å². The fourth-order valence-corrected chi connectivity index (χ4v) is 3.10. The van der Waals surface area contributed by atoms with Gasteiger partial charge in [-0.1, -0.05) is 13.0 Å². The highest BCUT2D eigenvalue weighted by atomic mass is 19.1. The Morgan fingerprint density at radius 1 is 1.50 bits per heavy atom. The van der Waals surface area contributed by atoms with Crippen LogP contribution in [-0.4, -0.2) is 32.9 Å². The van der Waals surface area contributed by atoms with Crippen molar-refractivity contribution >= 4 is 0 Å². The Balaban J connectivity index is 2.08. The van der Waals surface area contributed by atoms with Gasteiger partial charge in [0, 0.05) is 18.6 Å². The second-order valence-electron chi connectivity index (χ2n) is 5.34. The van der Waals surface area contributed by atoms with Gasteiger partial charge in [0.2, 0.25) is 0 Å². The first kappa shape index (κ1) is 15.3. The molecular weight excluding hydrogens is 257 g/mol. The van der Waals surface area contributed by atoms with Crippen LogP contribution >= 0.6 is 0 Å². The van der Waals surface area contributed by atoms with Gasteiger partial charge >= 0.3 is 0 Å². The molecule has 0 bridgehead atoms. The van der Waals surface area contributed by atoms with Gasteiger partial charge in [0.15, 0.2) is 11.6 Å². The van der Waals surface area contributed by atoms with Crippen molar-refractivity contribution in [2.45, 2.75) is 38.3 Å². The molecule has 0 aromatic heterocycles. The fourth-order valence-electron chi connectivity index (χ4n) is 3.10. The molecule has 20 heavy (non-hydrogen) atoms. The Morgan fingerprint density at radius 2 is 2.30 bits per heavy atom. The van der Waals surface area contributed by atoms with E-state index in [9.17, 15) is 4.39 Å². The molecule has 2 rings (SSSR count). The number of halogens is 1. The molecule has 1 fully saturated rings. The quantitative estimate of drug-likeness (QED) is 0.869. The van der Waals surface area contributed by atoms with Crippen molar-refractivity contribution in [2.75, 3.05) is 20.8 Å². The zero-order valence-electron chi connectivity index (χ0n) is 12.5. The molecule has 0 radical (unpaired) electrons. The van der Waals surface area contributed by atoms with Crippen LogP contribution in [0.5, 0.6) is 5.75 Å². The van der Waals surface area contributed by atoms with Crippen LogP contribution in [0.2, 0.25) is 0 Å². The van der Waals surface area contributed by atoms with Gasteiger partial charge in [-0.3, -0.25) is 0 Å². The van der Waals surface area contributed by atoms with E-state index in [4.69, 9.17) is 9.47 Å². The zero-order chi connectivity index (χ0) is 14.5. The number of hydrogen-bond acceptors (Lipinski definition) is 3. The Bertz CT molecular complexity index is 438. The van der Waals surface area contributed by atoms with E-state index in [2.05, 4.69) is 12.2 Å². The summed E-state index contributed by atoms with van der Waals surface area (Å²) in [4.78, 5) is 0. The monoisotopic (exact) mass is 281 g/mol. The topological polar surface area (TPSA) is 30.5 Å². The number of ether oxygens (including phenoxy) is 2. The predicted octanol–water partition coefficient (Wildman–Crippen LogP) is 2.78. The van der Waals surface area contributed by atoms with Crippen LogP contribution in [0.25, 0.3) is 0 Å². The van der Waals surface area contributed by atoms with Crippen molar-refractivity contribution in [3.8, 4) is 5.75 Å². The average Bonchev–Trinajstić information content (AvgIpc) is 2.93. The third-order valence-corrected chi connectivity index (χ3v) is 4.22. The maximum atomic E-state index is 13.8. The smallest absolute Gasteiger partial charge is 0.165 e. The highest BCUT2D eigenvalue weighted by Crippen LogP contribution is 2.28.